The predicted octanol–water partition coefficient (Wildman–Crippen LogP) is 2.82. The molecular formula is C13H17NO2. The Morgan fingerprint density at radius 2 is 2.19 bits per heavy atom. The summed E-state index contributed by atoms with van der Waals surface area (Å²) in [5.74, 6) is 1.25. The number of carbonyl (C=O) groups is 1. The fourth-order valence-corrected chi connectivity index (χ4v) is 1.78. The molecular weight excluding hydrogens is 202 g/mol. The number of anilines is 1. The second kappa shape index (κ2) is 4.56. The predicted molar refractivity (Wildman–Crippen MR) is 63.6 cm³/mol. The molecule has 1 aromatic rings. The summed E-state index contributed by atoms with van der Waals surface area (Å²) in [6.07, 6.45) is 1.50. The fourth-order valence-electron chi connectivity index (χ4n) is 1.78. The highest BCUT2D eigenvalue weighted by molar-refractivity contribution is 5.97. The Morgan fingerprint density at radius 3 is 2.94 bits per heavy atom. The lowest BCUT2D eigenvalue weighted by Crippen LogP contribution is -2.38. The second-order valence-electron chi connectivity index (χ2n) is 4.34. The number of hydrogen-bond donors (Lipinski definition) is 1. The van der Waals surface area contributed by atoms with Gasteiger partial charge >= 0.3 is 0 Å². The van der Waals surface area contributed by atoms with Crippen molar-refractivity contribution in [3.8, 4) is 5.75 Å². The lowest BCUT2D eigenvalue weighted by molar-refractivity contribution is -0.124. The van der Waals surface area contributed by atoms with Gasteiger partial charge < -0.3 is 10.1 Å². The van der Waals surface area contributed by atoms with Crippen molar-refractivity contribution in [1.29, 1.82) is 0 Å². The number of carbonyl (C=O) groups excluding carboxylic acids is 1. The molecule has 0 spiro atoms. The van der Waals surface area contributed by atoms with Crippen LogP contribution < -0.4 is 10.1 Å². The van der Waals surface area contributed by atoms with Gasteiger partial charge in [-0.2, -0.15) is 0 Å². The van der Waals surface area contributed by atoms with Crippen LogP contribution in [0, 0.1) is 5.92 Å². The first-order valence-electron chi connectivity index (χ1n) is 5.77. The lowest BCUT2D eigenvalue weighted by Gasteiger charge is -2.27. The molecule has 0 bridgehead atoms. The molecule has 0 aromatic heterocycles. The van der Waals surface area contributed by atoms with Crippen molar-refractivity contribution in [2.45, 2.75) is 32.8 Å². The molecule has 1 N–H and O–H groups in total. The van der Waals surface area contributed by atoms with Crippen molar-refractivity contribution in [2.75, 3.05) is 5.32 Å². The molecule has 0 saturated heterocycles. The Bertz CT molecular complexity index is 389. The van der Waals surface area contributed by atoms with Gasteiger partial charge in [0.15, 0.2) is 6.10 Å². The monoisotopic (exact) mass is 219 g/mol. The number of hydrogen-bond acceptors (Lipinski definition) is 2. The van der Waals surface area contributed by atoms with Crippen molar-refractivity contribution in [2.24, 2.45) is 5.92 Å². The molecule has 1 aromatic carbocycles. The van der Waals surface area contributed by atoms with E-state index in [1.165, 1.54) is 0 Å². The largest absolute Gasteiger partial charge is 0.478 e. The highest BCUT2D eigenvalue weighted by atomic mass is 16.5. The van der Waals surface area contributed by atoms with Crippen molar-refractivity contribution >= 4 is 11.6 Å². The summed E-state index contributed by atoms with van der Waals surface area (Å²) in [5, 5.41) is 2.88. The minimum Gasteiger partial charge on any atom is -0.478 e. The van der Waals surface area contributed by atoms with Crippen LogP contribution in [0.4, 0.5) is 5.69 Å². The minimum absolute atomic E-state index is 0.0287. The zero-order valence-electron chi connectivity index (χ0n) is 9.69. The average Bonchev–Trinajstić information content (AvgIpc) is 2.30. The number of ether oxygens (including phenoxy) is 1. The summed E-state index contributed by atoms with van der Waals surface area (Å²) in [5.41, 5.74) is 0.771. The van der Waals surface area contributed by atoms with E-state index in [0.29, 0.717) is 5.92 Å². The minimum atomic E-state index is -0.343. The van der Waals surface area contributed by atoms with Gasteiger partial charge in [0.05, 0.1) is 5.69 Å². The Kier molecular flexibility index (Phi) is 3.13. The Hall–Kier alpha value is -1.51. The Balaban J connectivity index is 2.12. The van der Waals surface area contributed by atoms with Crippen molar-refractivity contribution in [1.82, 2.24) is 0 Å². The summed E-state index contributed by atoms with van der Waals surface area (Å²) in [7, 11) is 0. The maximum atomic E-state index is 11.8. The van der Waals surface area contributed by atoms with Gasteiger partial charge in [0.1, 0.15) is 5.75 Å². The Morgan fingerprint density at radius 1 is 1.44 bits per heavy atom. The molecule has 1 aliphatic heterocycles. The number of benzene rings is 1. The molecule has 0 fully saturated rings. The molecule has 0 aliphatic carbocycles. The van der Waals surface area contributed by atoms with Gasteiger partial charge in [-0.15, -0.1) is 0 Å². The summed E-state index contributed by atoms with van der Waals surface area (Å²) in [6, 6.07) is 7.54. The number of rotatable bonds is 3. The molecule has 2 rings (SSSR count). The maximum Gasteiger partial charge on any atom is 0.265 e. The van der Waals surface area contributed by atoms with Gasteiger partial charge in [-0.05, 0) is 24.5 Å². The number of para-hydroxylation sites is 2. The smallest absolute Gasteiger partial charge is 0.265 e. The molecule has 3 heteroatoms. The van der Waals surface area contributed by atoms with E-state index in [-0.39, 0.29) is 12.0 Å². The van der Waals surface area contributed by atoms with E-state index in [0.717, 1.165) is 24.3 Å². The third kappa shape index (κ3) is 2.18. The van der Waals surface area contributed by atoms with Crippen LogP contribution in [0.25, 0.3) is 0 Å². The standard InChI is InChI=1S/C13H17NO2/c1-3-9(2)8-12-13(15)14-10-6-4-5-7-11(10)16-12/h4-7,9,12H,3,8H2,1-2H3,(H,14,15). The summed E-state index contributed by atoms with van der Waals surface area (Å²) < 4.78 is 5.70. The third-order valence-electron chi connectivity index (χ3n) is 3.02. The first-order valence-corrected chi connectivity index (χ1v) is 5.77. The van der Waals surface area contributed by atoms with E-state index >= 15 is 0 Å². The van der Waals surface area contributed by atoms with Crippen molar-refractivity contribution < 1.29 is 9.53 Å². The quantitative estimate of drug-likeness (QED) is 0.848. The maximum absolute atomic E-state index is 11.8. The van der Waals surface area contributed by atoms with E-state index in [1.807, 2.05) is 24.3 Å². The van der Waals surface area contributed by atoms with Gasteiger partial charge in [-0.25, -0.2) is 0 Å². The van der Waals surface area contributed by atoms with Crippen LogP contribution in [0.1, 0.15) is 26.7 Å². The second-order valence-corrected chi connectivity index (χ2v) is 4.34. The van der Waals surface area contributed by atoms with Crippen molar-refractivity contribution in [3.63, 3.8) is 0 Å². The molecule has 3 nitrogen and oxygen atoms in total. The van der Waals surface area contributed by atoms with Crippen LogP contribution in [0.2, 0.25) is 0 Å². The number of fused-ring (bicyclic) bond motifs is 1. The lowest BCUT2D eigenvalue weighted by atomic mass is 9.99. The van der Waals surface area contributed by atoms with Gasteiger partial charge in [-0.1, -0.05) is 32.4 Å². The van der Waals surface area contributed by atoms with Crippen LogP contribution in [0.5, 0.6) is 5.75 Å². The first-order chi connectivity index (χ1) is 7.70. The molecule has 1 amide bonds. The first kappa shape index (κ1) is 11.0. The molecule has 86 valence electrons. The molecule has 1 heterocycles. The number of nitrogens with one attached hydrogen (secondary N) is 1. The van der Waals surface area contributed by atoms with Crippen LogP contribution >= 0.6 is 0 Å². The van der Waals surface area contributed by atoms with Crippen LogP contribution in [-0.2, 0) is 4.79 Å². The van der Waals surface area contributed by atoms with Crippen LogP contribution in [0.3, 0.4) is 0 Å². The van der Waals surface area contributed by atoms with E-state index < -0.39 is 0 Å². The zero-order chi connectivity index (χ0) is 11.5. The molecule has 0 saturated carbocycles. The highest BCUT2D eigenvalue weighted by Crippen LogP contribution is 2.30. The molecule has 16 heavy (non-hydrogen) atoms. The summed E-state index contributed by atoms with van der Waals surface area (Å²) >= 11 is 0. The van der Waals surface area contributed by atoms with Crippen molar-refractivity contribution in [3.05, 3.63) is 24.3 Å². The normalized spacial score (nSPS) is 20.6. The SMILES string of the molecule is CCC(C)CC1Oc2ccccc2NC1=O. The third-order valence-corrected chi connectivity index (χ3v) is 3.02. The van der Waals surface area contributed by atoms with Gasteiger partial charge in [0.2, 0.25) is 0 Å². The van der Waals surface area contributed by atoms with Gasteiger partial charge in [0, 0.05) is 0 Å². The zero-order valence-corrected chi connectivity index (χ0v) is 9.69. The van der Waals surface area contributed by atoms with E-state index in [9.17, 15) is 4.79 Å². The molecule has 2 atom stereocenters. The van der Waals surface area contributed by atoms with Crippen LogP contribution in [0.15, 0.2) is 24.3 Å². The average molecular weight is 219 g/mol. The molecule has 2 unspecified atom stereocenters. The Labute approximate surface area is 95.8 Å². The fraction of sp³-hybridized carbons (Fsp3) is 0.462. The number of amides is 1. The van der Waals surface area contributed by atoms with E-state index in [4.69, 9.17) is 4.74 Å². The summed E-state index contributed by atoms with van der Waals surface area (Å²) in [6.45, 7) is 4.26. The van der Waals surface area contributed by atoms with Crippen LogP contribution in [-0.4, -0.2) is 12.0 Å². The molecule has 1 aliphatic rings. The topological polar surface area (TPSA) is 38.3 Å². The van der Waals surface area contributed by atoms with Gasteiger partial charge in [-0.3, -0.25) is 4.79 Å². The van der Waals surface area contributed by atoms with E-state index in [2.05, 4.69) is 19.2 Å². The van der Waals surface area contributed by atoms with E-state index in [1.54, 1.807) is 0 Å². The summed E-state index contributed by atoms with van der Waals surface area (Å²) in [4.78, 5) is 11.8. The molecule has 0 radical (unpaired) electrons. The highest BCUT2D eigenvalue weighted by Gasteiger charge is 2.28. The van der Waals surface area contributed by atoms with Gasteiger partial charge in [0.25, 0.3) is 5.91 Å².